The molecule has 0 aliphatic heterocycles. The van der Waals surface area contributed by atoms with Gasteiger partial charge in [-0.25, -0.2) is 0 Å². The van der Waals surface area contributed by atoms with E-state index in [2.05, 4.69) is 5.32 Å². The van der Waals surface area contributed by atoms with Crippen molar-refractivity contribution < 1.29 is 27.1 Å². The first-order valence-electron chi connectivity index (χ1n) is 8.42. The summed E-state index contributed by atoms with van der Waals surface area (Å²) in [6, 6.07) is 8.08. The maximum absolute atomic E-state index is 12.8. The van der Waals surface area contributed by atoms with E-state index in [1.165, 1.54) is 25.3 Å². The molecule has 0 radical (unpaired) electrons. The number of halogens is 3. The lowest BCUT2D eigenvalue weighted by molar-refractivity contribution is -0.137. The monoisotopic (exact) mass is 389 g/mol. The molecule has 7 heteroatoms. The lowest BCUT2D eigenvalue weighted by Crippen LogP contribution is -2.11. The van der Waals surface area contributed by atoms with Crippen molar-refractivity contribution in [3.05, 3.63) is 65.4 Å². The van der Waals surface area contributed by atoms with Crippen LogP contribution in [-0.2, 0) is 11.0 Å². The van der Waals surface area contributed by atoms with Crippen molar-refractivity contribution in [2.24, 2.45) is 0 Å². The summed E-state index contributed by atoms with van der Waals surface area (Å²) in [7, 11) is 1.51. The molecule has 3 rings (SSSR count). The normalized spacial score (nSPS) is 12.3. The molecule has 0 spiro atoms. The minimum absolute atomic E-state index is 0.0666. The number of rotatable bonds is 4. The third kappa shape index (κ3) is 4.03. The number of allylic oxidation sites excluding steroid dienone is 1. The van der Waals surface area contributed by atoms with E-state index in [4.69, 9.17) is 9.15 Å². The lowest BCUT2D eigenvalue weighted by atomic mass is 10.0. The quantitative estimate of drug-likeness (QED) is 0.573. The molecule has 0 bridgehead atoms. The SMILES string of the molecule is COc1cc2occ(C)c2cc1/C(C)=C/C(=O)Nc1cccc(C(F)(F)F)c1. The fraction of sp³-hybridized carbons (Fsp3) is 0.190. The van der Waals surface area contributed by atoms with Gasteiger partial charge in [-0.3, -0.25) is 4.79 Å². The van der Waals surface area contributed by atoms with Crippen LogP contribution < -0.4 is 10.1 Å². The number of amides is 1. The molecule has 1 aromatic heterocycles. The number of hydrogen-bond acceptors (Lipinski definition) is 3. The van der Waals surface area contributed by atoms with E-state index in [-0.39, 0.29) is 5.69 Å². The van der Waals surface area contributed by atoms with Gasteiger partial charge in [0.2, 0.25) is 5.91 Å². The van der Waals surface area contributed by atoms with Gasteiger partial charge < -0.3 is 14.5 Å². The average molecular weight is 389 g/mol. The second-order valence-electron chi connectivity index (χ2n) is 6.36. The number of nitrogens with one attached hydrogen (secondary N) is 1. The summed E-state index contributed by atoms with van der Waals surface area (Å²) < 4.78 is 49.3. The number of carbonyl (C=O) groups excluding carboxylic acids is 1. The zero-order valence-electron chi connectivity index (χ0n) is 15.5. The first kappa shape index (κ1) is 19.5. The van der Waals surface area contributed by atoms with Crippen LogP contribution in [0.4, 0.5) is 18.9 Å². The molecule has 28 heavy (non-hydrogen) atoms. The number of ether oxygens (including phenoxy) is 1. The molecular weight excluding hydrogens is 371 g/mol. The predicted molar refractivity (Wildman–Crippen MR) is 101 cm³/mol. The standard InChI is InChI=1S/C21H18F3NO3/c1-12(16-9-17-13(2)11-28-19(17)10-18(16)27-3)7-20(26)25-15-6-4-5-14(8-15)21(22,23)24/h4-11H,1-3H3,(H,25,26)/b12-7+. The fourth-order valence-corrected chi connectivity index (χ4v) is 2.89. The van der Waals surface area contributed by atoms with E-state index in [9.17, 15) is 18.0 Å². The smallest absolute Gasteiger partial charge is 0.416 e. The number of methoxy groups -OCH3 is 1. The van der Waals surface area contributed by atoms with E-state index in [1.54, 1.807) is 19.3 Å². The Morgan fingerprint density at radius 1 is 1.21 bits per heavy atom. The Morgan fingerprint density at radius 3 is 2.64 bits per heavy atom. The van der Waals surface area contributed by atoms with Crippen molar-refractivity contribution in [1.29, 1.82) is 0 Å². The number of hydrogen-bond donors (Lipinski definition) is 1. The lowest BCUT2D eigenvalue weighted by Gasteiger charge is -2.11. The zero-order valence-corrected chi connectivity index (χ0v) is 15.5. The third-order valence-corrected chi connectivity index (χ3v) is 4.32. The number of benzene rings is 2. The minimum Gasteiger partial charge on any atom is -0.496 e. The van der Waals surface area contributed by atoms with E-state index in [0.29, 0.717) is 22.5 Å². The van der Waals surface area contributed by atoms with Crippen LogP contribution in [0.25, 0.3) is 16.5 Å². The van der Waals surface area contributed by atoms with Crippen LogP contribution in [0.2, 0.25) is 0 Å². The summed E-state index contributed by atoms with van der Waals surface area (Å²) >= 11 is 0. The van der Waals surface area contributed by atoms with E-state index in [0.717, 1.165) is 23.1 Å². The molecule has 3 aromatic rings. The van der Waals surface area contributed by atoms with Crippen molar-refractivity contribution in [3.8, 4) is 5.75 Å². The van der Waals surface area contributed by atoms with Crippen LogP contribution in [0.15, 0.2) is 53.2 Å². The predicted octanol–water partition coefficient (Wildman–Crippen LogP) is 5.81. The average Bonchev–Trinajstić information content (AvgIpc) is 3.00. The summed E-state index contributed by atoms with van der Waals surface area (Å²) in [6.07, 6.45) is -1.52. The van der Waals surface area contributed by atoms with Gasteiger partial charge in [-0.2, -0.15) is 13.2 Å². The Hall–Kier alpha value is -3.22. The molecule has 0 aliphatic carbocycles. The second kappa shape index (κ2) is 7.42. The summed E-state index contributed by atoms with van der Waals surface area (Å²) in [5.41, 5.74) is 2.15. The van der Waals surface area contributed by atoms with Crippen molar-refractivity contribution in [3.63, 3.8) is 0 Å². The van der Waals surface area contributed by atoms with Crippen molar-refractivity contribution >= 4 is 28.1 Å². The molecule has 2 aromatic carbocycles. The van der Waals surface area contributed by atoms with Gasteiger partial charge in [0.15, 0.2) is 0 Å². The maximum Gasteiger partial charge on any atom is 0.416 e. The summed E-state index contributed by atoms with van der Waals surface area (Å²) in [4.78, 5) is 12.3. The Bertz CT molecular complexity index is 1060. The molecule has 1 N–H and O–H groups in total. The number of anilines is 1. The molecule has 1 heterocycles. The van der Waals surface area contributed by atoms with Crippen molar-refractivity contribution in [1.82, 2.24) is 0 Å². The first-order chi connectivity index (χ1) is 13.2. The highest BCUT2D eigenvalue weighted by Crippen LogP contribution is 2.33. The number of aryl methyl sites for hydroxylation is 1. The molecule has 0 fully saturated rings. The Kier molecular flexibility index (Phi) is 5.18. The Balaban J connectivity index is 1.88. The Morgan fingerprint density at radius 2 is 1.96 bits per heavy atom. The van der Waals surface area contributed by atoms with E-state index in [1.807, 2.05) is 13.0 Å². The largest absolute Gasteiger partial charge is 0.496 e. The number of carbonyl (C=O) groups is 1. The second-order valence-corrected chi connectivity index (χ2v) is 6.36. The van der Waals surface area contributed by atoms with Crippen LogP contribution in [0.3, 0.4) is 0 Å². The fourth-order valence-electron chi connectivity index (χ4n) is 2.89. The topological polar surface area (TPSA) is 51.5 Å². The zero-order chi connectivity index (χ0) is 20.5. The first-order valence-corrected chi connectivity index (χ1v) is 8.42. The molecule has 1 amide bonds. The van der Waals surface area contributed by atoms with Crippen LogP contribution in [0, 0.1) is 6.92 Å². The van der Waals surface area contributed by atoms with Crippen molar-refractivity contribution in [2.45, 2.75) is 20.0 Å². The minimum atomic E-state index is -4.47. The molecule has 0 unspecified atom stereocenters. The molecule has 146 valence electrons. The van der Waals surface area contributed by atoms with Crippen LogP contribution in [0.1, 0.15) is 23.6 Å². The van der Waals surface area contributed by atoms with Gasteiger partial charge in [0.05, 0.1) is 18.9 Å². The van der Waals surface area contributed by atoms with E-state index < -0.39 is 17.6 Å². The highest BCUT2D eigenvalue weighted by atomic mass is 19.4. The van der Waals surface area contributed by atoms with Gasteiger partial charge in [-0.15, -0.1) is 0 Å². The molecular formula is C21H18F3NO3. The van der Waals surface area contributed by atoms with Crippen LogP contribution >= 0.6 is 0 Å². The van der Waals surface area contributed by atoms with Gasteiger partial charge in [0.25, 0.3) is 0 Å². The molecule has 0 saturated carbocycles. The molecule has 0 aliphatic rings. The summed E-state index contributed by atoms with van der Waals surface area (Å²) in [6.45, 7) is 3.63. The highest BCUT2D eigenvalue weighted by Gasteiger charge is 2.30. The number of furan rings is 1. The van der Waals surface area contributed by atoms with Gasteiger partial charge >= 0.3 is 6.18 Å². The van der Waals surface area contributed by atoms with Crippen LogP contribution in [0.5, 0.6) is 5.75 Å². The summed E-state index contributed by atoms with van der Waals surface area (Å²) in [5.74, 6) is -0.00893. The van der Waals surface area contributed by atoms with Gasteiger partial charge in [-0.1, -0.05) is 6.07 Å². The Labute approximate surface area is 159 Å². The van der Waals surface area contributed by atoms with Gasteiger partial charge in [0, 0.05) is 28.8 Å². The molecule has 0 atom stereocenters. The van der Waals surface area contributed by atoms with Crippen molar-refractivity contribution in [2.75, 3.05) is 12.4 Å². The molecule has 0 saturated heterocycles. The van der Waals surface area contributed by atoms with E-state index >= 15 is 0 Å². The van der Waals surface area contributed by atoms with Gasteiger partial charge in [-0.05, 0) is 49.2 Å². The highest BCUT2D eigenvalue weighted by molar-refractivity contribution is 6.04. The third-order valence-electron chi connectivity index (χ3n) is 4.32. The maximum atomic E-state index is 12.8. The number of fused-ring (bicyclic) bond motifs is 1. The van der Waals surface area contributed by atoms with Gasteiger partial charge in [0.1, 0.15) is 11.3 Å². The summed E-state index contributed by atoms with van der Waals surface area (Å²) in [5, 5.41) is 3.35. The van der Waals surface area contributed by atoms with Crippen LogP contribution in [-0.4, -0.2) is 13.0 Å². The number of alkyl halides is 3. The molecule has 4 nitrogen and oxygen atoms in total.